The first kappa shape index (κ1) is 18.0. The molecule has 0 aliphatic heterocycles. The lowest BCUT2D eigenvalue weighted by Gasteiger charge is -2.15. The number of rotatable bonds is 6. The number of aromatic nitrogens is 3. The molecular weight excluding hydrogens is 334 g/mol. The maximum atomic E-state index is 12.5. The van der Waals surface area contributed by atoms with Crippen LogP contribution in [0.5, 0.6) is 11.5 Å². The molecule has 0 bridgehead atoms. The monoisotopic (exact) mass is 357 g/mol. The van der Waals surface area contributed by atoms with E-state index in [-0.39, 0.29) is 17.8 Å². The van der Waals surface area contributed by atoms with Crippen LogP contribution in [-0.4, -0.2) is 34.9 Å². The average Bonchev–Trinajstić information content (AvgIpc) is 3.05. The van der Waals surface area contributed by atoms with Gasteiger partial charge in [-0.3, -0.25) is 9.89 Å². The van der Waals surface area contributed by atoms with Crippen molar-refractivity contribution in [1.29, 1.82) is 0 Å². The summed E-state index contributed by atoms with van der Waals surface area (Å²) in [5.41, 5.74) is 2.48. The van der Waals surface area contributed by atoms with Crippen LogP contribution in [0.1, 0.15) is 32.6 Å². The van der Waals surface area contributed by atoms with Gasteiger partial charge in [-0.25, -0.2) is 9.50 Å². The molecule has 0 aliphatic rings. The second kappa shape index (κ2) is 7.21. The van der Waals surface area contributed by atoms with Crippen LogP contribution >= 0.6 is 0 Å². The lowest BCUT2D eigenvalue weighted by Crippen LogP contribution is -2.18. The Morgan fingerprint density at radius 1 is 1.08 bits per heavy atom. The van der Waals surface area contributed by atoms with Crippen molar-refractivity contribution in [3.63, 3.8) is 0 Å². The molecule has 1 unspecified atom stereocenters. The number of hydrogen-bond acceptors (Lipinski definition) is 5. The van der Waals surface area contributed by atoms with Crippen LogP contribution < -0.4 is 15.0 Å². The van der Waals surface area contributed by atoms with Gasteiger partial charge in [-0.1, -0.05) is 0 Å². The fourth-order valence-electron chi connectivity index (χ4n) is 2.85. The third-order valence-electron chi connectivity index (χ3n) is 4.06. The highest BCUT2D eigenvalue weighted by Gasteiger charge is 2.15. The summed E-state index contributed by atoms with van der Waals surface area (Å²) in [6.07, 6.45) is -0.211. The van der Waals surface area contributed by atoms with E-state index in [4.69, 9.17) is 14.2 Å². The zero-order chi connectivity index (χ0) is 18.8. The molecule has 0 radical (unpaired) electrons. The van der Waals surface area contributed by atoms with Gasteiger partial charge in [-0.15, -0.1) is 0 Å². The molecule has 1 aromatic carbocycles. The van der Waals surface area contributed by atoms with Crippen LogP contribution in [-0.2, 0) is 4.74 Å². The number of methoxy groups -OCH3 is 2. The summed E-state index contributed by atoms with van der Waals surface area (Å²) in [6, 6.07) is 8.81. The Labute approximate surface area is 151 Å². The molecule has 26 heavy (non-hydrogen) atoms. The van der Waals surface area contributed by atoms with Crippen molar-refractivity contribution in [1.82, 2.24) is 14.6 Å². The van der Waals surface area contributed by atoms with Crippen molar-refractivity contribution in [3.8, 4) is 22.8 Å². The summed E-state index contributed by atoms with van der Waals surface area (Å²) in [4.78, 5) is 17.0. The summed E-state index contributed by atoms with van der Waals surface area (Å²) >= 11 is 0. The largest absolute Gasteiger partial charge is 0.497 e. The van der Waals surface area contributed by atoms with Gasteiger partial charge in [0.05, 0.1) is 37.8 Å². The Hall–Kier alpha value is -2.80. The van der Waals surface area contributed by atoms with E-state index >= 15 is 0 Å². The quantitative estimate of drug-likeness (QED) is 0.733. The van der Waals surface area contributed by atoms with Crippen LogP contribution in [0.2, 0.25) is 0 Å². The van der Waals surface area contributed by atoms with Crippen LogP contribution in [0, 0.1) is 0 Å². The summed E-state index contributed by atoms with van der Waals surface area (Å²) < 4.78 is 17.8. The fourth-order valence-corrected chi connectivity index (χ4v) is 2.85. The van der Waals surface area contributed by atoms with Gasteiger partial charge < -0.3 is 14.2 Å². The normalized spacial score (nSPS) is 12.5. The van der Waals surface area contributed by atoms with Crippen molar-refractivity contribution in [2.45, 2.75) is 33.0 Å². The standard InChI is InChI=1S/C19H23N3O4/c1-11(2)26-12(3)15-10-19(23)22-18(20-15)9-16(21-22)14-7-6-13(24-4)8-17(14)25-5/h6-12,21H,1-5H3. The third kappa shape index (κ3) is 3.43. The van der Waals surface area contributed by atoms with Crippen LogP contribution in [0.3, 0.4) is 0 Å². The van der Waals surface area contributed by atoms with Crippen molar-refractivity contribution in [2.75, 3.05) is 14.2 Å². The molecule has 7 nitrogen and oxygen atoms in total. The topological polar surface area (TPSA) is 77.9 Å². The lowest BCUT2D eigenvalue weighted by atomic mass is 10.1. The molecule has 2 heterocycles. The van der Waals surface area contributed by atoms with E-state index < -0.39 is 0 Å². The van der Waals surface area contributed by atoms with Crippen LogP contribution in [0.4, 0.5) is 0 Å². The van der Waals surface area contributed by atoms with Crippen molar-refractivity contribution >= 4 is 5.65 Å². The number of H-pyrrole nitrogens is 1. The number of fused-ring (bicyclic) bond motifs is 1. The SMILES string of the molecule is COc1ccc(-c2cc3nc(C(C)OC(C)C)cc(=O)n3[nH]2)c(OC)c1. The molecule has 1 N–H and O–H groups in total. The number of nitrogens with zero attached hydrogens (tertiary/aromatic N) is 2. The molecule has 1 atom stereocenters. The van der Waals surface area contributed by atoms with E-state index in [9.17, 15) is 4.79 Å². The number of hydrogen-bond donors (Lipinski definition) is 1. The fraction of sp³-hybridized carbons (Fsp3) is 0.368. The Kier molecular flexibility index (Phi) is 4.99. The van der Waals surface area contributed by atoms with Gasteiger partial charge in [0, 0.05) is 23.8 Å². The van der Waals surface area contributed by atoms with Crippen molar-refractivity contribution in [2.24, 2.45) is 0 Å². The molecule has 0 saturated carbocycles. The number of benzene rings is 1. The molecule has 0 spiro atoms. The second-order valence-electron chi connectivity index (χ2n) is 6.28. The Morgan fingerprint density at radius 2 is 1.85 bits per heavy atom. The Balaban J connectivity index is 2.07. The number of nitrogens with one attached hydrogen (secondary N) is 1. The molecule has 7 heteroatoms. The molecule has 0 fully saturated rings. The van der Waals surface area contributed by atoms with Gasteiger partial charge in [-0.2, -0.15) is 0 Å². The van der Waals surface area contributed by atoms with E-state index in [2.05, 4.69) is 10.1 Å². The van der Waals surface area contributed by atoms with Gasteiger partial charge >= 0.3 is 0 Å². The zero-order valence-electron chi connectivity index (χ0n) is 15.6. The first-order valence-corrected chi connectivity index (χ1v) is 8.43. The second-order valence-corrected chi connectivity index (χ2v) is 6.28. The molecule has 0 aliphatic carbocycles. The molecular formula is C19H23N3O4. The smallest absolute Gasteiger partial charge is 0.273 e. The summed E-state index contributed by atoms with van der Waals surface area (Å²) in [5, 5.41) is 3.08. The maximum absolute atomic E-state index is 12.5. The van der Waals surface area contributed by atoms with E-state index in [1.54, 1.807) is 20.3 Å². The molecule has 2 aromatic heterocycles. The highest BCUT2D eigenvalue weighted by molar-refractivity contribution is 5.71. The minimum absolute atomic E-state index is 0.0515. The first-order chi connectivity index (χ1) is 12.4. The molecule has 0 saturated heterocycles. The molecule has 0 amide bonds. The lowest BCUT2D eigenvalue weighted by molar-refractivity contribution is 0.0155. The minimum atomic E-state index is -0.262. The predicted octanol–water partition coefficient (Wildman–Crippen LogP) is 3.19. The molecule has 3 rings (SSSR count). The number of ether oxygens (including phenoxy) is 3. The molecule has 138 valence electrons. The van der Waals surface area contributed by atoms with Crippen LogP contribution in [0.25, 0.3) is 16.9 Å². The van der Waals surface area contributed by atoms with Crippen molar-refractivity contribution < 1.29 is 14.2 Å². The van der Waals surface area contributed by atoms with E-state index in [0.29, 0.717) is 22.8 Å². The number of aromatic amines is 1. The van der Waals surface area contributed by atoms with Gasteiger partial charge in [-0.05, 0) is 32.9 Å². The van der Waals surface area contributed by atoms with E-state index in [1.165, 1.54) is 10.6 Å². The maximum Gasteiger partial charge on any atom is 0.273 e. The molecule has 3 aromatic rings. The first-order valence-electron chi connectivity index (χ1n) is 8.43. The highest BCUT2D eigenvalue weighted by atomic mass is 16.5. The summed E-state index contributed by atoms with van der Waals surface area (Å²) in [5.74, 6) is 1.33. The van der Waals surface area contributed by atoms with Crippen LogP contribution in [0.15, 0.2) is 35.1 Å². The van der Waals surface area contributed by atoms with Gasteiger partial charge in [0.15, 0.2) is 5.65 Å². The van der Waals surface area contributed by atoms with Gasteiger partial charge in [0.2, 0.25) is 0 Å². The predicted molar refractivity (Wildman–Crippen MR) is 99.0 cm³/mol. The van der Waals surface area contributed by atoms with Crippen molar-refractivity contribution in [3.05, 3.63) is 46.4 Å². The van der Waals surface area contributed by atoms with E-state index in [1.807, 2.05) is 39.0 Å². The average molecular weight is 357 g/mol. The minimum Gasteiger partial charge on any atom is -0.497 e. The van der Waals surface area contributed by atoms with E-state index in [0.717, 1.165) is 11.3 Å². The Morgan fingerprint density at radius 3 is 2.50 bits per heavy atom. The Bertz CT molecular complexity index is 975. The summed E-state index contributed by atoms with van der Waals surface area (Å²) in [7, 11) is 3.19. The van der Waals surface area contributed by atoms with Gasteiger partial charge in [0.1, 0.15) is 11.5 Å². The van der Waals surface area contributed by atoms with Gasteiger partial charge in [0.25, 0.3) is 5.56 Å². The summed E-state index contributed by atoms with van der Waals surface area (Å²) in [6.45, 7) is 5.79. The third-order valence-corrected chi connectivity index (χ3v) is 4.06. The zero-order valence-corrected chi connectivity index (χ0v) is 15.6. The highest BCUT2D eigenvalue weighted by Crippen LogP contribution is 2.32.